The summed E-state index contributed by atoms with van der Waals surface area (Å²) >= 11 is 1.46. The first-order valence-corrected chi connectivity index (χ1v) is 17.5. The van der Waals surface area contributed by atoms with Crippen molar-refractivity contribution < 1.29 is 49.0 Å². The van der Waals surface area contributed by atoms with Gasteiger partial charge in [-0.05, 0) is 59.8 Å². The van der Waals surface area contributed by atoms with E-state index in [9.17, 15) is 0 Å². The second-order valence-corrected chi connectivity index (χ2v) is 15.8. The summed E-state index contributed by atoms with van der Waals surface area (Å²) in [4.78, 5) is 0. The Labute approximate surface area is 305 Å². The van der Waals surface area contributed by atoms with E-state index in [4.69, 9.17) is 0 Å². The molecule has 0 aliphatic heterocycles. The third-order valence-electron chi connectivity index (χ3n) is 9.66. The molecule has 4 aromatic rings. The molecule has 0 fully saturated rings. The van der Waals surface area contributed by atoms with Crippen LogP contribution in [-0.2, 0) is 35.1 Å². The Hall–Kier alpha value is -2.18. The van der Waals surface area contributed by atoms with Gasteiger partial charge in [-0.3, -0.25) is 6.08 Å². The van der Waals surface area contributed by atoms with Crippen LogP contribution in [0.1, 0.15) is 109 Å². The van der Waals surface area contributed by atoms with Crippen LogP contribution in [0.4, 0.5) is 0 Å². The molecular weight excluding hydrogens is 679 g/mol. The number of hydrogen-bond donors (Lipinski definition) is 0. The predicted molar refractivity (Wildman–Crippen MR) is 191 cm³/mol. The Morgan fingerprint density at radius 2 is 1.22 bits per heavy atom. The third kappa shape index (κ3) is 8.09. The Morgan fingerprint density at radius 3 is 1.57 bits per heavy atom. The van der Waals surface area contributed by atoms with Crippen molar-refractivity contribution in [2.45, 2.75) is 92.4 Å². The zero-order chi connectivity index (χ0) is 31.9. The molecule has 0 aromatic heterocycles. The van der Waals surface area contributed by atoms with Gasteiger partial charge < -0.3 is 24.8 Å². The molecule has 4 aromatic carbocycles. The van der Waals surface area contributed by atoms with Gasteiger partial charge in [0.15, 0.2) is 0 Å². The van der Waals surface area contributed by atoms with Gasteiger partial charge >= 0.3 is 63.8 Å². The van der Waals surface area contributed by atoms with Crippen molar-refractivity contribution in [2.75, 3.05) is 0 Å². The summed E-state index contributed by atoms with van der Waals surface area (Å²) in [6, 6.07) is 22.6. The van der Waals surface area contributed by atoms with Crippen LogP contribution in [0.15, 0.2) is 90.5 Å². The van der Waals surface area contributed by atoms with Gasteiger partial charge in [0.1, 0.15) is 0 Å². The van der Waals surface area contributed by atoms with Gasteiger partial charge in [-0.25, -0.2) is 6.08 Å². The summed E-state index contributed by atoms with van der Waals surface area (Å²) in [5, 5.41) is 5.61. The maximum atomic E-state index is 3.16. The van der Waals surface area contributed by atoms with Gasteiger partial charge in [0, 0.05) is 0 Å². The number of halogens is 2. The van der Waals surface area contributed by atoms with E-state index >= 15 is 0 Å². The van der Waals surface area contributed by atoms with Gasteiger partial charge in [0.05, 0.1) is 0 Å². The Balaban J connectivity index is 0.000000250. The molecule has 0 bridgehead atoms. The van der Waals surface area contributed by atoms with Gasteiger partial charge in [0.2, 0.25) is 0 Å². The molecule has 0 saturated heterocycles. The first-order chi connectivity index (χ1) is 20.7. The molecule has 3 aliphatic carbocycles. The van der Waals surface area contributed by atoms with Crippen molar-refractivity contribution in [1.82, 2.24) is 0 Å². The summed E-state index contributed by atoms with van der Waals surface area (Å²) in [6.07, 6.45) is 15.6. The molecule has 0 saturated carbocycles. The molecule has 7 rings (SSSR count). The maximum absolute atomic E-state index is 3.16. The molecule has 0 amide bonds. The molecule has 0 radical (unpaired) electrons. The van der Waals surface area contributed by atoms with E-state index in [0.29, 0.717) is 5.41 Å². The van der Waals surface area contributed by atoms with Gasteiger partial charge in [0.25, 0.3) is 0 Å². The second-order valence-electron chi connectivity index (χ2n) is 15.1. The van der Waals surface area contributed by atoms with E-state index in [-0.39, 0.29) is 35.6 Å². The van der Waals surface area contributed by atoms with E-state index < -0.39 is 0 Å². The molecule has 46 heavy (non-hydrogen) atoms. The first-order valence-electron chi connectivity index (χ1n) is 16.1. The molecule has 240 valence electrons. The molecule has 0 nitrogen and oxygen atoms in total. The molecule has 0 heterocycles. The minimum absolute atomic E-state index is 0. The predicted octanol–water partition coefficient (Wildman–Crippen LogP) is 5.99. The zero-order valence-electron chi connectivity index (χ0n) is 29.0. The van der Waals surface area contributed by atoms with Crippen LogP contribution in [0.5, 0.6) is 0 Å². The van der Waals surface area contributed by atoms with Crippen molar-refractivity contribution in [3.63, 3.8) is 0 Å². The van der Waals surface area contributed by atoms with Crippen molar-refractivity contribution >= 4 is 36.4 Å². The van der Waals surface area contributed by atoms with E-state index in [0.717, 1.165) is 19.3 Å². The van der Waals surface area contributed by atoms with Crippen molar-refractivity contribution in [1.29, 1.82) is 0 Å². The molecule has 0 spiro atoms. The van der Waals surface area contributed by atoms with Crippen LogP contribution < -0.4 is 24.8 Å². The molecule has 0 atom stereocenters. The summed E-state index contributed by atoms with van der Waals surface area (Å²) in [5.41, 5.74) is 12.2. The number of hydrogen-bond acceptors (Lipinski definition) is 0. The van der Waals surface area contributed by atoms with Crippen LogP contribution in [-0.4, -0.2) is 3.71 Å². The van der Waals surface area contributed by atoms with Crippen LogP contribution in [0.3, 0.4) is 0 Å². The Bertz CT molecular complexity index is 1740. The normalized spacial score (nSPS) is 17.0. The average Bonchev–Trinajstić information content (AvgIpc) is 3.66. The second kappa shape index (κ2) is 14.9. The summed E-state index contributed by atoms with van der Waals surface area (Å²) in [6.45, 7) is 20.7. The van der Waals surface area contributed by atoms with Gasteiger partial charge in [-0.1, -0.05) is 89.3 Å². The fourth-order valence-electron chi connectivity index (χ4n) is 6.60. The molecule has 3 aliphatic rings. The Kier molecular flexibility index (Phi) is 12.4. The van der Waals surface area contributed by atoms with Crippen LogP contribution in [0.2, 0.25) is 0 Å². The standard InChI is InChI=1S/C27H29.C9H13.C7H6.2ClH.Zr/c1-16-7-9-26(3,4)24-12-18-11-19-13-25-21(17(2)8-10-27(25,5)6)15-23(19)22(18)14-20(16)24;1-9(2,3)8-6-4-5-7-8;1-7-5-3-2-4-6-7;;;/h7-8,11-15H,9-10H2,1-6H3;6-7H,4H2,1-3H3;1-6H;2*1H;/q2*-1;;;;+2/p-2. The van der Waals surface area contributed by atoms with E-state index in [1.165, 1.54) is 90.3 Å². The van der Waals surface area contributed by atoms with Gasteiger partial charge in [-0.2, -0.15) is 11.6 Å². The summed E-state index contributed by atoms with van der Waals surface area (Å²) < 4.78 is 2.17. The SMILES string of the molecule is CC(C)(C)C1=CC[C-]=C1.CC1=CCC(C)(C)c2cc3[cH-]c4cc5c(cc4c3cc21)C(C)=CCC5(C)C.[Cl-].[Cl-].[Zr+2]=[CH]c1ccccc1. The number of benzene rings is 3. The number of allylic oxidation sites excluding steroid dienone is 8. The minimum atomic E-state index is 0. The average molecular weight is 727 g/mol. The Morgan fingerprint density at radius 1 is 0.739 bits per heavy atom. The summed E-state index contributed by atoms with van der Waals surface area (Å²) in [5.74, 6) is 0. The first kappa shape index (κ1) is 38.3. The topological polar surface area (TPSA) is 0 Å². The van der Waals surface area contributed by atoms with E-state index in [1.807, 2.05) is 6.07 Å². The number of rotatable bonds is 1. The monoisotopic (exact) mass is 724 g/mol. The fraction of sp³-hybridized carbons (Fsp3) is 0.349. The number of fused-ring (bicyclic) bond motifs is 5. The van der Waals surface area contributed by atoms with E-state index in [1.54, 1.807) is 0 Å². The molecule has 0 unspecified atom stereocenters. The molecular formula is C43H48Cl2Zr-2. The quantitative estimate of drug-likeness (QED) is 0.212. The van der Waals surface area contributed by atoms with E-state index in [2.05, 4.69) is 151 Å². The zero-order valence-corrected chi connectivity index (χ0v) is 33.0. The molecule has 0 N–H and O–H groups in total. The van der Waals surface area contributed by atoms with Gasteiger partial charge in [-0.15, -0.1) is 46.2 Å². The summed E-state index contributed by atoms with van der Waals surface area (Å²) in [7, 11) is 0. The van der Waals surface area contributed by atoms with Crippen LogP contribution >= 0.6 is 0 Å². The fourth-order valence-corrected chi connectivity index (χ4v) is 7.08. The van der Waals surface area contributed by atoms with Crippen molar-refractivity contribution in [2.24, 2.45) is 5.41 Å². The van der Waals surface area contributed by atoms with Crippen LogP contribution in [0, 0.1) is 11.5 Å². The van der Waals surface area contributed by atoms with Crippen molar-refractivity contribution in [3.8, 4) is 0 Å². The van der Waals surface area contributed by atoms with Crippen molar-refractivity contribution in [3.05, 3.63) is 124 Å². The third-order valence-corrected chi connectivity index (χ3v) is 10.5. The van der Waals surface area contributed by atoms with Crippen LogP contribution in [0.25, 0.3) is 32.7 Å². The molecule has 3 heteroatoms.